The van der Waals surface area contributed by atoms with Crippen LogP contribution in [0, 0.1) is 5.82 Å². The van der Waals surface area contributed by atoms with E-state index in [1.807, 2.05) is 12.1 Å². The number of Topliss-reactive ketones (excluding diaryl/α,β-unsaturated/α-hetero) is 1. The third-order valence-corrected chi connectivity index (χ3v) is 6.38. The number of aliphatic hydroxyl groups excluding tert-OH is 1. The summed E-state index contributed by atoms with van der Waals surface area (Å²) in [5, 5.41) is 21.0. The lowest BCUT2D eigenvalue weighted by Gasteiger charge is -2.25. The predicted molar refractivity (Wildman–Crippen MR) is 122 cm³/mol. The number of hydrogen-bond donors (Lipinski definition) is 2. The molecule has 0 spiro atoms. The van der Waals surface area contributed by atoms with Gasteiger partial charge in [-0.2, -0.15) is 0 Å². The van der Waals surface area contributed by atoms with E-state index in [0.717, 1.165) is 31.2 Å². The molecule has 2 aliphatic rings. The number of aromatic hydroxyl groups is 1. The molecule has 0 bridgehead atoms. The Labute approximate surface area is 190 Å². The van der Waals surface area contributed by atoms with Crippen LogP contribution in [0.25, 0.3) is 5.76 Å². The number of phenols is 1. The number of anilines is 1. The highest BCUT2D eigenvalue weighted by molar-refractivity contribution is 6.51. The average Bonchev–Trinajstić information content (AvgIpc) is 3.10. The number of amides is 1. The molecular weight excluding hydrogens is 421 g/mol. The normalized spacial score (nSPS) is 19.5. The predicted octanol–water partition coefficient (Wildman–Crippen LogP) is 5.04. The molecule has 0 aromatic heterocycles. The van der Waals surface area contributed by atoms with E-state index in [1.54, 1.807) is 18.2 Å². The van der Waals surface area contributed by atoms with Crippen LogP contribution in [0.2, 0.25) is 0 Å². The Hall–Kier alpha value is -3.93. The molecule has 1 fully saturated rings. The van der Waals surface area contributed by atoms with Crippen molar-refractivity contribution < 1.29 is 24.2 Å². The zero-order chi connectivity index (χ0) is 23.1. The Morgan fingerprint density at radius 2 is 1.55 bits per heavy atom. The first-order valence-electron chi connectivity index (χ1n) is 10.9. The Kier molecular flexibility index (Phi) is 5.21. The zero-order valence-electron chi connectivity index (χ0n) is 17.8. The van der Waals surface area contributed by atoms with E-state index in [0.29, 0.717) is 16.8 Å². The SMILES string of the molecule is O=C1C(=O)N(c2ccc(F)cc2)C(c2ccc(O)cc2)/C1=C(/O)c1ccc2c(c1)CCCC2. The largest absolute Gasteiger partial charge is 0.508 e. The Balaban J connectivity index is 1.68. The molecule has 1 saturated heterocycles. The second kappa shape index (κ2) is 8.20. The van der Waals surface area contributed by atoms with Gasteiger partial charge in [0.1, 0.15) is 17.3 Å². The summed E-state index contributed by atoms with van der Waals surface area (Å²) in [5.74, 6) is -2.30. The highest BCUT2D eigenvalue weighted by Crippen LogP contribution is 2.42. The summed E-state index contributed by atoms with van der Waals surface area (Å²) in [4.78, 5) is 27.5. The summed E-state index contributed by atoms with van der Waals surface area (Å²) < 4.78 is 13.5. The summed E-state index contributed by atoms with van der Waals surface area (Å²) >= 11 is 0. The molecule has 5 rings (SSSR count). The monoisotopic (exact) mass is 443 g/mol. The number of phenolic OH excluding ortho intramolecular Hbond substituents is 1. The van der Waals surface area contributed by atoms with Crippen LogP contribution in [-0.4, -0.2) is 21.9 Å². The van der Waals surface area contributed by atoms with Crippen LogP contribution < -0.4 is 4.90 Å². The van der Waals surface area contributed by atoms with E-state index < -0.39 is 23.5 Å². The van der Waals surface area contributed by atoms with Crippen molar-refractivity contribution in [3.63, 3.8) is 0 Å². The summed E-state index contributed by atoms with van der Waals surface area (Å²) in [6, 6.07) is 16.1. The average molecular weight is 443 g/mol. The molecule has 1 atom stereocenters. The number of aliphatic hydroxyl groups is 1. The fourth-order valence-electron chi connectivity index (χ4n) is 4.71. The van der Waals surface area contributed by atoms with Gasteiger partial charge in [-0.1, -0.05) is 24.3 Å². The minimum Gasteiger partial charge on any atom is -0.508 e. The first-order chi connectivity index (χ1) is 15.9. The molecule has 0 radical (unpaired) electrons. The van der Waals surface area contributed by atoms with Gasteiger partial charge in [0.25, 0.3) is 11.7 Å². The van der Waals surface area contributed by atoms with Crippen LogP contribution in [0.4, 0.5) is 10.1 Å². The minimum atomic E-state index is -0.924. The van der Waals surface area contributed by atoms with Crippen molar-refractivity contribution in [3.05, 3.63) is 100 Å². The molecule has 5 nitrogen and oxygen atoms in total. The molecule has 33 heavy (non-hydrogen) atoms. The van der Waals surface area contributed by atoms with Crippen LogP contribution in [0.1, 0.15) is 41.1 Å². The van der Waals surface area contributed by atoms with E-state index in [4.69, 9.17) is 0 Å². The number of halogens is 1. The van der Waals surface area contributed by atoms with Gasteiger partial charge in [0.05, 0.1) is 11.6 Å². The molecule has 166 valence electrons. The van der Waals surface area contributed by atoms with Gasteiger partial charge in [0.15, 0.2) is 0 Å². The number of ketones is 1. The number of aryl methyl sites for hydroxylation is 2. The molecular formula is C27H22FNO4. The zero-order valence-corrected chi connectivity index (χ0v) is 17.8. The van der Waals surface area contributed by atoms with Gasteiger partial charge in [-0.3, -0.25) is 14.5 Å². The van der Waals surface area contributed by atoms with E-state index in [2.05, 4.69) is 0 Å². The highest BCUT2D eigenvalue weighted by Gasteiger charge is 2.47. The van der Waals surface area contributed by atoms with Crippen LogP contribution >= 0.6 is 0 Å². The minimum absolute atomic E-state index is 0.0344. The molecule has 3 aromatic rings. The molecule has 3 aromatic carbocycles. The molecule has 1 aliphatic carbocycles. The van der Waals surface area contributed by atoms with Crippen molar-refractivity contribution in [1.82, 2.24) is 0 Å². The van der Waals surface area contributed by atoms with Crippen molar-refractivity contribution in [2.75, 3.05) is 4.90 Å². The highest BCUT2D eigenvalue weighted by atomic mass is 19.1. The quantitative estimate of drug-likeness (QED) is 0.338. The van der Waals surface area contributed by atoms with Gasteiger partial charge in [-0.15, -0.1) is 0 Å². The Morgan fingerprint density at radius 3 is 2.24 bits per heavy atom. The number of hydrogen-bond acceptors (Lipinski definition) is 4. The van der Waals surface area contributed by atoms with Gasteiger partial charge in [-0.25, -0.2) is 4.39 Å². The van der Waals surface area contributed by atoms with Crippen molar-refractivity contribution in [1.29, 1.82) is 0 Å². The van der Waals surface area contributed by atoms with Crippen LogP contribution in [-0.2, 0) is 22.4 Å². The lowest BCUT2D eigenvalue weighted by Crippen LogP contribution is -2.29. The van der Waals surface area contributed by atoms with Crippen molar-refractivity contribution >= 4 is 23.1 Å². The van der Waals surface area contributed by atoms with E-state index in [-0.39, 0.29) is 17.1 Å². The third-order valence-electron chi connectivity index (χ3n) is 6.38. The van der Waals surface area contributed by atoms with Crippen LogP contribution in [0.5, 0.6) is 5.75 Å². The molecule has 0 saturated carbocycles. The van der Waals surface area contributed by atoms with Gasteiger partial charge in [-0.05, 0) is 84.8 Å². The van der Waals surface area contributed by atoms with E-state index in [1.165, 1.54) is 46.9 Å². The first kappa shape index (κ1) is 20.9. The Bertz CT molecular complexity index is 1280. The van der Waals surface area contributed by atoms with E-state index >= 15 is 0 Å². The number of rotatable bonds is 3. The maximum Gasteiger partial charge on any atom is 0.300 e. The number of carbonyl (C=O) groups excluding carboxylic acids is 2. The number of fused-ring (bicyclic) bond motifs is 1. The van der Waals surface area contributed by atoms with Gasteiger partial charge in [0.2, 0.25) is 0 Å². The number of benzene rings is 3. The third kappa shape index (κ3) is 3.67. The molecule has 1 amide bonds. The number of carbonyl (C=O) groups is 2. The maximum atomic E-state index is 13.5. The standard InChI is InChI=1S/C27H22FNO4/c28-20-9-11-21(12-10-20)29-24(17-7-13-22(30)14-8-17)23(26(32)27(29)33)25(31)19-6-5-16-3-1-2-4-18(16)15-19/h5-15,24,30-31H,1-4H2/b25-23-. The molecule has 1 aliphatic heterocycles. The maximum absolute atomic E-state index is 13.5. The fraction of sp³-hybridized carbons (Fsp3) is 0.185. The topological polar surface area (TPSA) is 77.8 Å². The molecule has 1 heterocycles. The van der Waals surface area contributed by atoms with Gasteiger partial charge < -0.3 is 10.2 Å². The summed E-state index contributed by atoms with van der Waals surface area (Å²) in [5.41, 5.74) is 3.69. The molecule has 1 unspecified atom stereocenters. The van der Waals surface area contributed by atoms with Crippen molar-refractivity contribution in [2.24, 2.45) is 0 Å². The second-order valence-corrected chi connectivity index (χ2v) is 8.43. The smallest absolute Gasteiger partial charge is 0.300 e. The van der Waals surface area contributed by atoms with Crippen molar-refractivity contribution in [3.8, 4) is 5.75 Å². The molecule has 2 N–H and O–H groups in total. The van der Waals surface area contributed by atoms with Crippen molar-refractivity contribution in [2.45, 2.75) is 31.7 Å². The number of nitrogens with zero attached hydrogens (tertiary/aromatic N) is 1. The molecule has 6 heteroatoms. The summed E-state index contributed by atoms with van der Waals surface area (Å²) in [6.45, 7) is 0. The fourth-order valence-corrected chi connectivity index (χ4v) is 4.71. The first-order valence-corrected chi connectivity index (χ1v) is 10.9. The van der Waals surface area contributed by atoms with Crippen LogP contribution in [0.15, 0.2) is 72.3 Å². The van der Waals surface area contributed by atoms with Gasteiger partial charge >= 0.3 is 0 Å². The second-order valence-electron chi connectivity index (χ2n) is 8.43. The lowest BCUT2D eigenvalue weighted by molar-refractivity contribution is -0.132. The van der Waals surface area contributed by atoms with E-state index in [9.17, 15) is 24.2 Å². The van der Waals surface area contributed by atoms with Crippen LogP contribution in [0.3, 0.4) is 0 Å². The Morgan fingerprint density at radius 1 is 0.879 bits per heavy atom. The van der Waals surface area contributed by atoms with Gasteiger partial charge in [0, 0.05) is 11.3 Å². The lowest BCUT2D eigenvalue weighted by atomic mass is 9.88. The summed E-state index contributed by atoms with van der Waals surface area (Å²) in [6.07, 6.45) is 4.09. The summed E-state index contributed by atoms with van der Waals surface area (Å²) in [7, 11) is 0.